The minimum atomic E-state index is -0.312. The van der Waals surface area contributed by atoms with Gasteiger partial charge in [-0.3, -0.25) is 0 Å². The van der Waals surface area contributed by atoms with Gasteiger partial charge in [-0.1, -0.05) is 0 Å². The van der Waals surface area contributed by atoms with Gasteiger partial charge in [-0.25, -0.2) is 13.9 Å². The van der Waals surface area contributed by atoms with Gasteiger partial charge in [0.05, 0.1) is 24.9 Å². The van der Waals surface area contributed by atoms with Gasteiger partial charge < -0.3 is 19.1 Å². The van der Waals surface area contributed by atoms with Crippen molar-refractivity contribution >= 4 is 28.4 Å². The summed E-state index contributed by atoms with van der Waals surface area (Å²) in [5, 5.41) is 0. The number of benzene rings is 2. The standard InChI is InChI=1S/C27H30N3O4/c1-6-29-22-14-17(3)18(4)15-24(22)34-25(29)11-10-23-26-28(5)21-16-19(27(31)32-7-2)8-9-20(21)30(26)12-13-33-23/h8-11,14-16H,6-7,12-13H2,1-5H3/q+1. The third-order valence-electron chi connectivity index (χ3n) is 6.55. The summed E-state index contributed by atoms with van der Waals surface area (Å²) in [7, 11) is 1.99. The number of aromatic nitrogens is 2. The van der Waals surface area contributed by atoms with Crippen molar-refractivity contribution in [2.45, 2.75) is 34.2 Å². The Bertz CT molecular complexity index is 1370. The Balaban J connectivity index is 1.54. The summed E-state index contributed by atoms with van der Waals surface area (Å²) in [6.07, 6.45) is 3.95. The molecule has 0 bridgehead atoms. The molecule has 0 saturated carbocycles. The summed E-state index contributed by atoms with van der Waals surface area (Å²) >= 11 is 0. The Morgan fingerprint density at radius 3 is 2.71 bits per heavy atom. The number of esters is 1. The molecule has 3 aromatic rings. The van der Waals surface area contributed by atoms with E-state index in [1.54, 1.807) is 0 Å². The van der Waals surface area contributed by atoms with E-state index in [0.29, 0.717) is 18.8 Å². The van der Waals surface area contributed by atoms with E-state index in [-0.39, 0.29) is 5.97 Å². The largest absolute Gasteiger partial charge is 0.482 e. The molecule has 3 heterocycles. The Morgan fingerprint density at radius 1 is 1.15 bits per heavy atom. The maximum Gasteiger partial charge on any atom is 0.338 e. The molecule has 0 spiro atoms. The first-order valence-corrected chi connectivity index (χ1v) is 11.7. The molecule has 0 unspecified atom stereocenters. The third kappa shape index (κ3) is 3.52. The number of fused-ring (bicyclic) bond motifs is 4. The highest BCUT2D eigenvalue weighted by Gasteiger charge is 2.32. The molecule has 34 heavy (non-hydrogen) atoms. The average molecular weight is 461 g/mol. The second-order valence-electron chi connectivity index (χ2n) is 8.59. The van der Waals surface area contributed by atoms with Crippen LogP contribution in [0.15, 0.2) is 48.4 Å². The van der Waals surface area contributed by atoms with Crippen LogP contribution in [0.4, 0.5) is 5.69 Å². The number of allylic oxidation sites excluding steroid dienone is 2. The lowest BCUT2D eigenvalue weighted by Crippen LogP contribution is -2.43. The lowest BCUT2D eigenvalue weighted by molar-refractivity contribution is -0.682. The lowest BCUT2D eigenvalue weighted by Gasteiger charge is -2.16. The van der Waals surface area contributed by atoms with Crippen LogP contribution in [-0.2, 0) is 23.1 Å². The molecule has 2 aliphatic rings. The molecule has 2 aliphatic heterocycles. The zero-order chi connectivity index (χ0) is 24.0. The van der Waals surface area contributed by atoms with Crippen molar-refractivity contribution in [3.63, 3.8) is 0 Å². The first kappa shape index (κ1) is 22.1. The molecule has 0 aliphatic carbocycles. The zero-order valence-corrected chi connectivity index (χ0v) is 20.3. The summed E-state index contributed by atoms with van der Waals surface area (Å²) in [4.78, 5) is 14.4. The highest BCUT2D eigenvalue weighted by Crippen LogP contribution is 2.40. The predicted octanol–water partition coefficient (Wildman–Crippen LogP) is 4.39. The summed E-state index contributed by atoms with van der Waals surface area (Å²) in [6.45, 7) is 10.6. The normalized spacial score (nSPS) is 17.0. The molecule has 0 fully saturated rings. The topological polar surface area (TPSA) is 56.8 Å². The third-order valence-corrected chi connectivity index (χ3v) is 6.55. The maximum atomic E-state index is 12.3. The monoisotopic (exact) mass is 460 g/mol. The van der Waals surface area contributed by atoms with Crippen LogP contribution < -0.4 is 14.2 Å². The Morgan fingerprint density at radius 2 is 1.94 bits per heavy atom. The Kier molecular flexibility index (Phi) is 5.55. The van der Waals surface area contributed by atoms with Crippen LogP contribution in [0.3, 0.4) is 0 Å². The minimum Gasteiger partial charge on any atom is -0.482 e. The number of imidazole rings is 1. The first-order chi connectivity index (χ1) is 16.4. The Hall–Kier alpha value is -3.74. The second kappa shape index (κ2) is 8.56. The fourth-order valence-electron chi connectivity index (χ4n) is 4.68. The number of aryl methyl sites for hydroxylation is 3. The summed E-state index contributed by atoms with van der Waals surface area (Å²) in [5.41, 5.74) is 6.10. The maximum absolute atomic E-state index is 12.3. The van der Waals surface area contributed by atoms with Crippen LogP contribution >= 0.6 is 0 Å². The lowest BCUT2D eigenvalue weighted by atomic mass is 10.1. The van der Waals surface area contributed by atoms with Gasteiger partial charge in [-0.2, -0.15) is 0 Å². The van der Waals surface area contributed by atoms with Crippen molar-refractivity contribution in [1.29, 1.82) is 0 Å². The van der Waals surface area contributed by atoms with E-state index in [9.17, 15) is 4.79 Å². The first-order valence-electron chi connectivity index (χ1n) is 11.7. The van der Waals surface area contributed by atoms with E-state index in [1.165, 1.54) is 11.1 Å². The van der Waals surface area contributed by atoms with Crippen LogP contribution in [0.2, 0.25) is 0 Å². The number of rotatable bonds is 4. The van der Waals surface area contributed by atoms with Gasteiger partial charge in [0.25, 0.3) is 0 Å². The van der Waals surface area contributed by atoms with Gasteiger partial charge in [0, 0.05) is 18.7 Å². The highest BCUT2D eigenvalue weighted by atomic mass is 16.5. The van der Waals surface area contributed by atoms with Gasteiger partial charge in [0.1, 0.15) is 13.2 Å². The number of ether oxygens (including phenoxy) is 3. The van der Waals surface area contributed by atoms with Crippen LogP contribution in [-0.4, -0.2) is 30.3 Å². The van der Waals surface area contributed by atoms with E-state index in [4.69, 9.17) is 14.2 Å². The van der Waals surface area contributed by atoms with E-state index in [2.05, 4.69) is 46.9 Å². The van der Waals surface area contributed by atoms with E-state index < -0.39 is 0 Å². The number of carbonyl (C=O) groups is 1. The van der Waals surface area contributed by atoms with Gasteiger partial charge in [-0.15, -0.1) is 0 Å². The Labute approximate surface area is 199 Å². The van der Waals surface area contributed by atoms with Crippen molar-refractivity contribution in [3.8, 4) is 5.75 Å². The van der Waals surface area contributed by atoms with Crippen molar-refractivity contribution in [2.24, 2.45) is 7.05 Å². The van der Waals surface area contributed by atoms with Gasteiger partial charge in [0.15, 0.2) is 16.8 Å². The predicted molar refractivity (Wildman–Crippen MR) is 131 cm³/mol. The van der Waals surface area contributed by atoms with Gasteiger partial charge in [-0.05, 0) is 69.2 Å². The number of hydrogen-bond acceptors (Lipinski definition) is 5. The smallest absolute Gasteiger partial charge is 0.338 e. The molecule has 2 aromatic carbocycles. The van der Waals surface area contributed by atoms with Gasteiger partial charge in [0.2, 0.25) is 11.6 Å². The molecule has 0 N–H and O–H groups in total. The van der Waals surface area contributed by atoms with E-state index in [1.807, 2.05) is 44.3 Å². The number of hydrogen-bond donors (Lipinski definition) is 0. The van der Waals surface area contributed by atoms with Crippen molar-refractivity contribution in [3.05, 3.63) is 70.9 Å². The van der Waals surface area contributed by atoms with Crippen LogP contribution in [0, 0.1) is 13.8 Å². The quantitative estimate of drug-likeness (QED) is 0.427. The zero-order valence-electron chi connectivity index (χ0n) is 20.3. The molecule has 176 valence electrons. The molecular weight excluding hydrogens is 430 g/mol. The summed E-state index contributed by atoms with van der Waals surface area (Å²) < 4.78 is 21.8. The fourth-order valence-corrected chi connectivity index (χ4v) is 4.68. The SMILES string of the molecule is CCOC(=O)c1ccc2c(c1)n(C)c1[n+]2CCOC1=CC=C1Oc2cc(C)c(C)cc2N1CC. The van der Waals surface area contributed by atoms with Crippen LogP contribution in [0.1, 0.15) is 41.2 Å². The molecule has 5 rings (SSSR count). The van der Waals surface area contributed by atoms with Crippen LogP contribution in [0.5, 0.6) is 5.75 Å². The molecule has 1 aromatic heterocycles. The number of carbonyl (C=O) groups excluding carboxylic acids is 1. The molecular formula is C27H30N3O4+. The molecule has 0 radical (unpaired) electrons. The minimum absolute atomic E-state index is 0.312. The summed E-state index contributed by atoms with van der Waals surface area (Å²) in [6, 6.07) is 9.96. The molecule has 7 nitrogen and oxygen atoms in total. The number of nitrogens with zero attached hydrogens (tertiary/aromatic N) is 3. The van der Waals surface area contributed by atoms with Crippen molar-refractivity contribution in [2.75, 3.05) is 24.7 Å². The molecule has 0 amide bonds. The molecule has 7 heteroatoms. The average Bonchev–Trinajstić information content (AvgIpc) is 3.32. The molecule has 0 atom stereocenters. The van der Waals surface area contributed by atoms with Crippen LogP contribution in [0.25, 0.3) is 16.8 Å². The van der Waals surface area contributed by atoms with E-state index >= 15 is 0 Å². The highest BCUT2D eigenvalue weighted by molar-refractivity contribution is 5.93. The fraction of sp³-hybridized carbons (Fsp3) is 0.333. The summed E-state index contributed by atoms with van der Waals surface area (Å²) in [5.74, 6) is 3.06. The second-order valence-corrected chi connectivity index (χ2v) is 8.59. The van der Waals surface area contributed by atoms with E-state index in [0.717, 1.165) is 53.0 Å². The van der Waals surface area contributed by atoms with Crippen molar-refractivity contribution in [1.82, 2.24) is 4.57 Å². The molecule has 0 saturated heterocycles. The van der Waals surface area contributed by atoms with Crippen molar-refractivity contribution < 1.29 is 23.6 Å². The van der Waals surface area contributed by atoms with Gasteiger partial charge >= 0.3 is 11.8 Å². The number of anilines is 1.